The van der Waals surface area contributed by atoms with Crippen LogP contribution < -0.4 is 10.6 Å². The first kappa shape index (κ1) is 47.6. The van der Waals surface area contributed by atoms with E-state index < -0.39 is 24.5 Å². The van der Waals surface area contributed by atoms with E-state index in [9.17, 15) is 19.2 Å². The van der Waals surface area contributed by atoms with E-state index in [2.05, 4.69) is 36.6 Å². The van der Waals surface area contributed by atoms with Crippen molar-refractivity contribution in [1.82, 2.24) is 10.6 Å². The van der Waals surface area contributed by atoms with Crippen LogP contribution in [-0.4, -0.2) is 59.3 Å². The van der Waals surface area contributed by atoms with Crippen LogP contribution in [0.2, 0.25) is 0 Å². The smallest absolute Gasteiger partial charge is 0.328 e. The highest BCUT2D eigenvalue weighted by atomic mass is 16.5. The predicted octanol–water partition coefficient (Wildman–Crippen LogP) is 9.49. The minimum absolute atomic E-state index is 0.00926. The molecule has 0 aliphatic carbocycles. The van der Waals surface area contributed by atoms with E-state index in [0.717, 1.165) is 57.8 Å². The lowest BCUT2D eigenvalue weighted by atomic mass is 10.0. The Morgan fingerprint density at radius 1 is 0.580 bits per heavy atom. The van der Waals surface area contributed by atoms with Gasteiger partial charge >= 0.3 is 11.9 Å². The Hall–Kier alpha value is -2.42. The molecule has 2 amide bonds. The van der Waals surface area contributed by atoms with E-state index in [4.69, 9.17) is 14.9 Å². The number of carbonyl (C=O) groups excluding carboxylic acids is 3. The molecule has 0 aromatic rings. The first-order valence-corrected chi connectivity index (χ1v) is 20.6. The van der Waals surface area contributed by atoms with E-state index in [1.807, 2.05) is 0 Å². The highest BCUT2D eigenvalue weighted by molar-refractivity contribution is 5.87. The zero-order valence-corrected chi connectivity index (χ0v) is 32.2. The largest absolute Gasteiger partial charge is 0.480 e. The number of nitrogens with one attached hydrogen (secondary N) is 2. The molecule has 0 saturated carbocycles. The summed E-state index contributed by atoms with van der Waals surface area (Å²) >= 11 is 0. The molecule has 9 heteroatoms. The number of carboxylic acid groups (broad SMARTS) is 1. The lowest BCUT2D eigenvalue weighted by molar-refractivity contribution is -0.150. The highest BCUT2D eigenvalue weighted by Crippen LogP contribution is 2.18. The minimum atomic E-state index is -1.38. The van der Waals surface area contributed by atoms with Crippen LogP contribution in [-0.2, 0) is 23.9 Å². The van der Waals surface area contributed by atoms with Gasteiger partial charge in [-0.3, -0.25) is 14.4 Å². The normalized spacial score (nSPS) is 12.5. The Morgan fingerprint density at radius 2 is 1.02 bits per heavy atom. The fourth-order valence-corrected chi connectivity index (χ4v) is 6.06. The number of allylic oxidation sites excluding steroid dienone is 2. The molecule has 2 unspecified atom stereocenters. The Labute approximate surface area is 305 Å². The molecule has 0 aromatic heterocycles. The lowest BCUT2D eigenvalue weighted by Crippen LogP contribution is -2.47. The number of aliphatic hydroxyl groups is 1. The molecule has 4 N–H and O–H groups in total. The first-order chi connectivity index (χ1) is 24.3. The highest BCUT2D eigenvalue weighted by Gasteiger charge is 2.19. The number of aliphatic carboxylic acids is 1. The minimum Gasteiger partial charge on any atom is -0.480 e. The van der Waals surface area contributed by atoms with Gasteiger partial charge < -0.3 is 25.6 Å². The molecule has 0 aliphatic heterocycles. The van der Waals surface area contributed by atoms with Gasteiger partial charge in [0.2, 0.25) is 11.8 Å². The molecule has 9 nitrogen and oxygen atoms in total. The zero-order chi connectivity index (χ0) is 36.9. The van der Waals surface area contributed by atoms with Crippen molar-refractivity contribution in [3.05, 3.63) is 12.2 Å². The molecular weight excluding hydrogens is 632 g/mol. The monoisotopic (exact) mass is 709 g/mol. The Kier molecular flexibility index (Phi) is 34.6. The molecule has 292 valence electrons. The second-order valence-electron chi connectivity index (χ2n) is 14.1. The summed E-state index contributed by atoms with van der Waals surface area (Å²) in [6.07, 6.45) is 36.8. The molecule has 0 aromatic carbocycles. The Morgan fingerprint density at radius 3 is 1.50 bits per heavy atom. The quantitative estimate of drug-likeness (QED) is 0.0286. The summed E-state index contributed by atoms with van der Waals surface area (Å²) in [5.41, 5.74) is 0. The number of rotatable bonds is 37. The molecule has 0 radical (unpaired) electrons. The van der Waals surface area contributed by atoms with Crippen molar-refractivity contribution in [3.63, 3.8) is 0 Å². The van der Waals surface area contributed by atoms with Crippen LogP contribution >= 0.6 is 0 Å². The number of hydrogen-bond donors (Lipinski definition) is 4. The molecule has 50 heavy (non-hydrogen) atoms. The van der Waals surface area contributed by atoms with Crippen molar-refractivity contribution < 1.29 is 34.1 Å². The third-order valence-corrected chi connectivity index (χ3v) is 9.26. The van der Waals surface area contributed by atoms with Gasteiger partial charge in [0, 0.05) is 12.8 Å². The van der Waals surface area contributed by atoms with Crippen molar-refractivity contribution in [1.29, 1.82) is 0 Å². The molecule has 0 saturated heterocycles. The molecule has 0 spiro atoms. The summed E-state index contributed by atoms with van der Waals surface area (Å²) in [5, 5.41) is 22.5. The fourth-order valence-electron chi connectivity index (χ4n) is 6.06. The van der Waals surface area contributed by atoms with Crippen LogP contribution in [0.4, 0.5) is 0 Å². The lowest BCUT2D eigenvalue weighted by Gasteiger charge is -2.18. The summed E-state index contributed by atoms with van der Waals surface area (Å²) in [7, 11) is 0. The van der Waals surface area contributed by atoms with Crippen LogP contribution in [0.5, 0.6) is 0 Å². The Balaban J connectivity index is 4.11. The van der Waals surface area contributed by atoms with Crippen LogP contribution in [0.1, 0.15) is 200 Å². The number of unbranched alkanes of at least 4 members (excludes halogenated alkanes) is 21. The molecule has 0 heterocycles. The molecule has 0 bridgehead atoms. The summed E-state index contributed by atoms with van der Waals surface area (Å²) in [4.78, 5) is 47.3. The van der Waals surface area contributed by atoms with Crippen molar-refractivity contribution in [3.8, 4) is 0 Å². The van der Waals surface area contributed by atoms with Crippen LogP contribution in [0.25, 0.3) is 0 Å². The zero-order valence-electron chi connectivity index (χ0n) is 32.2. The summed E-state index contributed by atoms with van der Waals surface area (Å²) < 4.78 is 5.97. The topological polar surface area (TPSA) is 142 Å². The maximum absolute atomic E-state index is 12.7. The maximum atomic E-state index is 12.7. The van der Waals surface area contributed by atoms with Crippen molar-refractivity contribution in [2.45, 2.75) is 212 Å². The van der Waals surface area contributed by atoms with E-state index >= 15 is 0 Å². The number of aliphatic hydroxyl groups excluding tert-OH is 1. The average Bonchev–Trinajstić information content (AvgIpc) is 3.10. The van der Waals surface area contributed by atoms with Crippen molar-refractivity contribution >= 4 is 23.8 Å². The first-order valence-electron chi connectivity index (χ1n) is 20.6. The number of amides is 2. The van der Waals surface area contributed by atoms with E-state index in [-0.39, 0.29) is 24.5 Å². The summed E-state index contributed by atoms with van der Waals surface area (Å²) in [6.45, 7) is 3.46. The van der Waals surface area contributed by atoms with Crippen molar-refractivity contribution in [2.24, 2.45) is 0 Å². The maximum Gasteiger partial charge on any atom is 0.328 e. The van der Waals surface area contributed by atoms with Gasteiger partial charge in [-0.25, -0.2) is 4.79 Å². The third kappa shape index (κ3) is 32.8. The predicted molar refractivity (Wildman–Crippen MR) is 204 cm³/mol. The number of carbonyl (C=O) groups is 4. The van der Waals surface area contributed by atoms with E-state index in [1.54, 1.807) is 0 Å². The average molecular weight is 709 g/mol. The molecular formula is C41H76N2O7. The summed E-state index contributed by atoms with van der Waals surface area (Å²) in [6, 6.07) is -1.38. The molecule has 0 aliphatic rings. The van der Waals surface area contributed by atoms with Crippen LogP contribution in [0.15, 0.2) is 12.2 Å². The van der Waals surface area contributed by atoms with Gasteiger partial charge in [-0.15, -0.1) is 0 Å². The molecule has 0 fully saturated rings. The van der Waals surface area contributed by atoms with Gasteiger partial charge in [0.25, 0.3) is 0 Å². The van der Waals surface area contributed by atoms with Gasteiger partial charge in [-0.1, -0.05) is 135 Å². The second kappa shape index (κ2) is 36.4. The van der Waals surface area contributed by atoms with Crippen molar-refractivity contribution in [2.75, 3.05) is 13.2 Å². The van der Waals surface area contributed by atoms with Crippen LogP contribution in [0, 0.1) is 0 Å². The standard InChI is InChI=1S/C41H76N2O7/c1-3-5-7-9-11-12-13-14-15-16-17-18-19-20-25-29-33-40(47)50-36(30-26-22-10-8-6-4-2)31-27-23-21-24-28-32-38(45)42-34-39(46)43-37(35-44)41(48)49/h15-16,36-37,44H,3-14,17-35H2,1-2H3,(H,42,45)(H,43,46)(H,48,49)/b16-15-. The van der Waals surface area contributed by atoms with E-state index in [1.165, 1.54) is 109 Å². The number of ether oxygens (including phenoxy) is 1. The SMILES string of the molecule is CCCCCCCCC/C=C\CCCCCCCC(=O)OC(CCCCCCCC)CCCCCCCC(=O)NCC(=O)NC(CO)C(=O)O. The second-order valence-corrected chi connectivity index (χ2v) is 14.1. The van der Waals surface area contributed by atoms with Gasteiger partial charge in [-0.2, -0.15) is 0 Å². The number of esters is 1. The van der Waals surface area contributed by atoms with Gasteiger partial charge in [0.15, 0.2) is 0 Å². The van der Waals surface area contributed by atoms with Crippen LogP contribution in [0.3, 0.4) is 0 Å². The number of hydrogen-bond acceptors (Lipinski definition) is 6. The Bertz CT molecular complexity index is 864. The van der Waals surface area contributed by atoms with Gasteiger partial charge in [-0.05, 0) is 64.2 Å². The fraction of sp³-hybridized carbons (Fsp3) is 0.854. The molecule has 0 rings (SSSR count). The number of carboxylic acids is 1. The summed E-state index contributed by atoms with van der Waals surface area (Å²) in [5.74, 6) is -2.30. The molecule has 2 atom stereocenters. The van der Waals surface area contributed by atoms with Gasteiger partial charge in [0.1, 0.15) is 12.1 Å². The van der Waals surface area contributed by atoms with E-state index in [0.29, 0.717) is 19.3 Å². The van der Waals surface area contributed by atoms with Gasteiger partial charge in [0.05, 0.1) is 13.2 Å². The third-order valence-electron chi connectivity index (χ3n) is 9.26.